The Bertz CT molecular complexity index is 1370. The molecule has 33 heavy (non-hydrogen) atoms. The van der Waals surface area contributed by atoms with Crippen LogP contribution in [0.4, 0.5) is 5.69 Å². The van der Waals surface area contributed by atoms with E-state index in [2.05, 4.69) is 10.5 Å². The number of benzene rings is 3. The highest BCUT2D eigenvalue weighted by molar-refractivity contribution is 7.20. The number of nitrogens with one attached hydrogen (secondary N) is 1. The lowest BCUT2D eigenvalue weighted by Gasteiger charge is -2.08. The number of non-ortho nitro benzene ring substituents is 1. The number of nitro groups is 1. The fourth-order valence-corrected chi connectivity index (χ4v) is 4.32. The molecule has 10 heteroatoms. The predicted molar refractivity (Wildman–Crippen MR) is 131 cm³/mol. The first-order valence-electron chi connectivity index (χ1n) is 9.57. The Kier molecular flexibility index (Phi) is 6.88. The third-order valence-electron chi connectivity index (χ3n) is 4.60. The lowest BCUT2D eigenvalue weighted by molar-refractivity contribution is -0.384. The molecule has 1 N–H and O–H groups in total. The van der Waals surface area contributed by atoms with Gasteiger partial charge in [0.1, 0.15) is 12.4 Å². The van der Waals surface area contributed by atoms with Crippen molar-refractivity contribution in [1.29, 1.82) is 0 Å². The number of hydrogen-bond donors (Lipinski definition) is 1. The van der Waals surface area contributed by atoms with Gasteiger partial charge in [-0.15, -0.1) is 11.3 Å². The average molecular weight is 500 g/mol. The molecule has 0 unspecified atom stereocenters. The molecular formula is C23H15Cl2N3O4S. The maximum Gasteiger partial charge on any atom is 0.281 e. The summed E-state index contributed by atoms with van der Waals surface area (Å²) in [6, 6.07) is 18.5. The second kappa shape index (κ2) is 9.99. The maximum atomic E-state index is 12.4. The molecule has 7 nitrogen and oxygen atoms in total. The van der Waals surface area contributed by atoms with Crippen molar-refractivity contribution in [2.45, 2.75) is 6.61 Å². The van der Waals surface area contributed by atoms with Crippen LogP contribution in [0.25, 0.3) is 10.1 Å². The van der Waals surface area contributed by atoms with Crippen molar-refractivity contribution in [2.24, 2.45) is 5.10 Å². The van der Waals surface area contributed by atoms with Gasteiger partial charge in [0.2, 0.25) is 0 Å². The van der Waals surface area contributed by atoms with Crippen molar-refractivity contribution in [3.8, 4) is 5.75 Å². The summed E-state index contributed by atoms with van der Waals surface area (Å²) >= 11 is 13.3. The second-order valence-electron chi connectivity index (χ2n) is 6.88. The Morgan fingerprint density at radius 2 is 1.88 bits per heavy atom. The molecule has 0 saturated heterocycles. The van der Waals surface area contributed by atoms with Crippen LogP contribution in [0.5, 0.6) is 5.75 Å². The molecule has 0 fully saturated rings. The first kappa shape index (κ1) is 22.7. The maximum absolute atomic E-state index is 12.4. The van der Waals surface area contributed by atoms with E-state index in [9.17, 15) is 14.9 Å². The van der Waals surface area contributed by atoms with E-state index in [0.717, 1.165) is 15.8 Å². The third-order valence-corrected chi connectivity index (χ3v) is 6.31. The molecule has 3 aromatic carbocycles. The van der Waals surface area contributed by atoms with Gasteiger partial charge in [0, 0.05) is 37.8 Å². The summed E-state index contributed by atoms with van der Waals surface area (Å²) < 4.78 is 6.52. The second-order valence-corrected chi connectivity index (χ2v) is 8.81. The molecule has 1 amide bonds. The van der Waals surface area contributed by atoms with Crippen LogP contribution in [0.15, 0.2) is 71.8 Å². The quantitative estimate of drug-likeness (QED) is 0.179. The standard InChI is InChI=1S/C23H15Cl2N3O4S/c24-17-4-3-15(20(25)11-17)13-32-19-6-1-14(2-7-19)12-26-27-23(29)22-10-16-9-18(28(30)31)5-8-21(16)33-22/h1-12H,13H2,(H,27,29). The minimum absolute atomic E-state index is 0.0195. The molecule has 0 atom stereocenters. The molecule has 0 aliphatic heterocycles. The number of thiophene rings is 1. The summed E-state index contributed by atoms with van der Waals surface area (Å²) in [5.41, 5.74) is 4.04. The molecule has 0 saturated carbocycles. The Morgan fingerprint density at radius 1 is 1.09 bits per heavy atom. The van der Waals surface area contributed by atoms with Crippen LogP contribution in [0.1, 0.15) is 20.8 Å². The SMILES string of the molecule is O=C(NN=Cc1ccc(OCc2ccc(Cl)cc2Cl)cc1)c1cc2cc([N+](=O)[O-])ccc2s1. The van der Waals surface area contributed by atoms with E-state index in [1.54, 1.807) is 48.5 Å². The van der Waals surface area contributed by atoms with Crippen molar-refractivity contribution >= 4 is 62.4 Å². The average Bonchev–Trinajstić information content (AvgIpc) is 3.23. The zero-order valence-electron chi connectivity index (χ0n) is 16.8. The van der Waals surface area contributed by atoms with Gasteiger partial charge in [-0.05, 0) is 54.1 Å². The molecule has 1 aromatic heterocycles. The first-order valence-corrected chi connectivity index (χ1v) is 11.1. The number of hydrogen-bond acceptors (Lipinski definition) is 6. The van der Waals surface area contributed by atoms with Crippen molar-refractivity contribution in [2.75, 3.05) is 0 Å². The van der Waals surface area contributed by atoms with Crippen LogP contribution in [-0.4, -0.2) is 17.0 Å². The van der Waals surface area contributed by atoms with E-state index < -0.39 is 10.8 Å². The molecule has 0 aliphatic carbocycles. The minimum Gasteiger partial charge on any atom is -0.489 e. The zero-order chi connectivity index (χ0) is 23.4. The molecule has 0 aliphatic rings. The molecule has 4 rings (SSSR count). The van der Waals surface area contributed by atoms with Gasteiger partial charge in [0.15, 0.2) is 0 Å². The van der Waals surface area contributed by atoms with Gasteiger partial charge in [-0.25, -0.2) is 5.43 Å². The molecule has 166 valence electrons. The Balaban J connectivity index is 1.34. The number of hydrazone groups is 1. The highest BCUT2D eigenvalue weighted by Crippen LogP contribution is 2.29. The Hall–Kier alpha value is -3.46. The number of nitrogens with zero attached hydrogens (tertiary/aromatic N) is 2. The minimum atomic E-state index is -0.468. The van der Waals surface area contributed by atoms with E-state index in [4.69, 9.17) is 27.9 Å². The van der Waals surface area contributed by atoms with Crippen LogP contribution in [0.3, 0.4) is 0 Å². The van der Waals surface area contributed by atoms with Crippen molar-refractivity contribution in [3.05, 3.63) is 103 Å². The summed E-state index contributed by atoms with van der Waals surface area (Å²) in [7, 11) is 0. The van der Waals surface area contributed by atoms with Crippen molar-refractivity contribution < 1.29 is 14.5 Å². The van der Waals surface area contributed by atoms with E-state index in [1.807, 2.05) is 6.07 Å². The van der Waals surface area contributed by atoms with Crippen LogP contribution < -0.4 is 10.2 Å². The van der Waals surface area contributed by atoms with Gasteiger partial charge >= 0.3 is 0 Å². The normalized spacial score (nSPS) is 11.1. The van der Waals surface area contributed by atoms with Crippen molar-refractivity contribution in [3.63, 3.8) is 0 Å². The zero-order valence-corrected chi connectivity index (χ0v) is 19.2. The molecule has 4 aromatic rings. The lowest BCUT2D eigenvalue weighted by Crippen LogP contribution is -2.16. The number of halogens is 2. The van der Waals surface area contributed by atoms with E-state index in [1.165, 1.54) is 29.7 Å². The molecule has 0 spiro atoms. The largest absolute Gasteiger partial charge is 0.489 e. The Morgan fingerprint density at radius 3 is 2.61 bits per heavy atom. The van der Waals surface area contributed by atoms with Gasteiger partial charge in [-0.2, -0.15) is 5.10 Å². The summed E-state index contributed by atoms with van der Waals surface area (Å²) in [6.45, 7) is 0.303. The van der Waals surface area contributed by atoms with E-state index in [-0.39, 0.29) is 5.69 Å². The predicted octanol–water partition coefficient (Wildman–Crippen LogP) is 6.46. The van der Waals surface area contributed by atoms with Gasteiger partial charge in [0.05, 0.1) is 16.0 Å². The summed E-state index contributed by atoms with van der Waals surface area (Å²) in [5, 5.41) is 16.6. The highest BCUT2D eigenvalue weighted by atomic mass is 35.5. The number of ether oxygens (including phenoxy) is 1. The lowest BCUT2D eigenvalue weighted by atomic mass is 10.2. The number of fused-ring (bicyclic) bond motifs is 1. The number of carbonyl (C=O) groups excluding carboxylic acids is 1. The van der Waals surface area contributed by atoms with Crippen LogP contribution in [0, 0.1) is 10.1 Å². The fraction of sp³-hybridized carbons (Fsp3) is 0.0435. The number of carbonyl (C=O) groups is 1. The van der Waals surface area contributed by atoms with Crippen LogP contribution in [-0.2, 0) is 6.61 Å². The van der Waals surface area contributed by atoms with Gasteiger partial charge in [0.25, 0.3) is 11.6 Å². The molecule has 0 bridgehead atoms. The van der Waals surface area contributed by atoms with E-state index >= 15 is 0 Å². The van der Waals surface area contributed by atoms with Gasteiger partial charge < -0.3 is 4.74 Å². The summed E-state index contributed by atoms with van der Waals surface area (Å²) in [6.07, 6.45) is 1.51. The Labute approximate surface area is 202 Å². The summed E-state index contributed by atoms with van der Waals surface area (Å²) in [4.78, 5) is 23.2. The van der Waals surface area contributed by atoms with Gasteiger partial charge in [-0.1, -0.05) is 29.3 Å². The molecule has 1 heterocycles. The topological polar surface area (TPSA) is 93.8 Å². The number of rotatable bonds is 7. The van der Waals surface area contributed by atoms with Crippen LogP contribution >= 0.6 is 34.5 Å². The van der Waals surface area contributed by atoms with E-state index in [0.29, 0.717) is 32.7 Å². The van der Waals surface area contributed by atoms with Crippen molar-refractivity contribution in [1.82, 2.24) is 5.43 Å². The third kappa shape index (κ3) is 5.67. The number of nitro benzene ring substituents is 1. The molecule has 0 radical (unpaired) electrons. The monoisotopic (exact) mass is 499 g/mol. The number of amides is 1. The smallest absolute Gasteiger partial charge is 0.281 e. The summed E-state index contributed by atoms with van der Waals surface area (Å²) in [5.74, 6) is 0.261. The fourth-order valence-electron chi connectivity index (χ4n) is 2.93. The van der Waals surface area contributed by atoms with Gasteiger partial charge in [-0.3, -0.25) is 14.9 Å². The van der Waals surface area contributed by atoms with Crippen LogP contribution in [0.2, 0.25) is 10.0 Å². The first-order chi connectivity index (χ1) is 15.9. The molecular weight excluding hydrogens is 485 g/mol. The highest BCUT2D eigenvalue weighted by Gasteiger charge is 2.13.